The summed E-state index contributed by atoms with van der Waals surface area (Å²) in [7, 11) is 0. The quantitative estimate of drug-likeness (QED) is 0.855. The van der Waals surface area contributed by atoms with Crippen LogP contribution in [-0.4, -0.2) is 24.0 Å². The van der Waals surface area contributed by atoms with Crippen molar-refractivity contribution in [3.8, 4) is 0 Å². The van der Waals surface area contributed by atoms with Crippen LogP contribution in [0.4, 0.5) is 0 Å². The first-order chi connectivity index (χ1) is 9.15. The molecule has 1 aromatic rings. The molecule has 1 amide bonds. The van der Waals surface area contributed by atoms with E-state index in [4.69, 9.17) is 0 Å². The van der Waals surface area contributed by atoms with Crippen LogP contribution in [0.15, 0.2) is 0 Å². The van der Waals surface area contributed by atoms with Gasteiger partial charge in [-0.1, -0.05) is 0 Å². The van der Waals surface area contributed by atoms with E-state index in [0.29, 0.717) is 13.0 Å². The maximum atomic E-state index is 11.8. The molecule has 0 radical (unpaired) electrons. The predicted octanol–water partition coefficient (Wildman–Crippen LogP) is 3.00. The van der Waals surface area contributed by atoms with E-state index in [1.165, 1.54) is 17.7 Å². The number of nitrogens with one attached hydrogen (secondary N) is 2. The second kappa shape index (κ2) is 10.4. The molecule has 0 saturated carbocycles. The van der Waals surface area contributed by atoms with Crippen molar-refractivity contribution < 1.29 is 4.79 Å². The number of amides is 1. The Labute approximate surface area is 143 Å². The van der Waals surface area contributed by atoms with Gasteiger partial charge in [-0.05, 0) is 52.1 Å². The molecule has 21 heavy (non-hydrogen) atoms. The first kappa shape index (κ1) is 20.6. The molecule has 0 unspecified atom stereocenters. The molecule has 4 nitrogen and oxygen atoms in total. The van der Waals surface area contributed by atoms with E-state index in [2.05, 4.69) is 15.6 Å². The van der Waals surface area contributed by atoms with E-state index in [9.17, 15) is 4.79 Å². The van der Waals surface area contributed by atoms with Gasteiger partial charge in [-0.3, -0.25) is 4.79 Å². The highest BCUT2D eigenvalue weighted by molar-refractivity contribution is 7.11. The maximum absolute atomic E-state index is 11.8. The highest BCUT2D eigenvalue weighted by Gasteiger charge is 2.14. The van der Waals surface area contributed by atoms with Crippen molar-refractivity contribution >= 4 is 42.1 Å². The standard InChI is InChI=1S/C14H23N3OS.2ClH/c1-10-13(19-11(2)17-10)9-16-14(18)4-3-12-5-7-15-8-6-12;;/h12,15H,3-9H2,1-2H3,(H,16,18);2*1H. The van der Waals surface area contributed by atoms with Crippen LogP contribution < -0.4 is 10.6 Å². The van der Waals surface area contributed by atoms with Gasteiger partial charge in [0, 0.05) is 11.3 Å². The van der Waals surface area contributed by atoms with E-state index >= 15 is 0 Å². The van der Waals surface area contributed by atoms with Crippen LogP contribution in [0.2, 0.25) is 0 Å². The van der Waals surface area contributed by atoms with E-state index in [1.807, 2.05) is 13.8 Å². The van der Waals surface area contributed by atoms with Gasteiger partial charge >= 0.3 is 0 Å². The van der Waals surface area contributed by atoms with Gasteiger partial charge in [-0.25, -0.2) is 4.98 Å². The Morgan fingerprint density at radius 3 is 2.57 bits per heavy atom. The molecule has 0 aliphatic carbocycles. The van der Waals surface area contributed by atoms with Crippen molar-refractivity contribution in [2.45, 2.75) is 46.1 Å². The second-order valence-electron chi connectivity index (χ2n) is 5.25. The number of hydrogen-bond donors (Lipinski definition) is 2. The molecule has 2 rings (SSSR count). The lowest BCUT2D eigenvalue weighted by atomic mass is 9.93. The Bertz CT molecular complexity index is 434. The van der Waals surface area contributed by atoms with Gasteiger partial charge in [-0.2, -0.15) is 0 Å². The van der Waals surface area contributed by atoms with Gasteiger partial charge in [-0.15, -0.1) is 36.2 Å². The zero-order valence-electron chi connectivity index (χ0n) is 12.6. The lowest BCUT2D eigenvalue weighted by Gasteiger charge is -2.22. The van der Waals surface area contributed by atoms with Gasteiger partial charge in [0.25, 0.3) is 0 Å². The molecule has 0 spiro atoms. The fraction of sp³-hybridized carbons (Fsp3) is 0.714. The molecule has 1 aliphatic rings. The normalized spacial score (nSPS) is 15.0. The third kappa shape index (κ3) is 6.96. The molecule has 7 heteroatoms. The van der Waals surface area contributed by atoms with Crippen molar-refractivity contribution in [2.24, 2.45) is 5.92 Å². The monoisotopic (exact) mass is 353 g/mol. The zero-order valence-corrected chi connectivity index (χ0v) is 15.1. The summed E-state index contributed by atoms with van der Waals surface area (Å²) < 4.78 is 0. The number of carbonyl (C=O) groups excluding carboxylic acids is 1. The SMILES string of the molecule is Cc1nc(C)c(CNC(=O)CCC2CCNCC2)s1.Cl.Cl. The Balaban J connectivity index is 0.00000200. The van der Waals surface area contributed by atoms with Crippen LogP contribution >= 0.6 is 36.2 Å². The Hall–Kier alpha value is -0.360. The van der Waals surface area contributed by atoms with Crippen LogP contribution in [0.25, 0.3) is 0 Å². The number of aromatic nitrogens is 1. The zero-order chi connectivity index (χ0) is 13.7. The summed E-state index contributed by atoms with van der Waals surface area (Å²) in [6.45, 7) is 6.83. The van der Waals surface area contributed by atoms with E-state index in [0.717, 1.165) is 36.1 Å². The maximum Gasteiger partial charge on any atom is 0.220 e. The Kier molecular flexibility index (Phi) is 10.2. The number of aryl methyl sites for hydroxylation is 2. The van der Waals surface area contributed by atoms with Gasteiger partial charge in [0.15, 0.2) is 0 Å². The van der Waals surface area contributed by atoms with Gasteiger partial charge in [0.05, 0.1) is 17.2 Å². The van der Waals surface area contributed by atoms with Gasteiger partial charge in [0.2, 0.25) is 5.91 Å². The summed E-state index contributed by atoms with van der Waals surface area (Å²) in [5.41, 5.74) is 1.04. The van der Waals surface area contributed by atoms with Crippen molar-refractivity contribution in [1.82, 2.24) is 15.6 Å². The summed E-state index contributed by atoms with van der Waals surface area (Å²) in [6, 6.07) is 0. The Morgan fingerprint density at radius 1 is 1.33 bits per heavy atom. The summed E-state index contributed by atoms with van der Waals surface area (Å²) in [5.74, 6) is 0.892. The van der Waals surface area contributed by atoms with Crippen LogP contribution in [-0.2, 0) is 11.3 Å². The fourth-order valence-electron chi connectivity index (χ4n) is 2.51. The van der Waals surface area contributed by atoms with Crippen LogP contribution in [0, 0.1) is 19.8 Å². The lowest BCUT2D eigenvalue weighted by molar-refractivity contribution is -0.121. The number of carbonyl (C=O) groups is 1. The molecule has 122 valence electrons. The highest BCUT2D eigenvalue weighted by Crippen LogP contribution is 2.18. The number of hydrogen-bond acceptors (Lipinski definition) is 4. The molecule has 1 aromatic heterocycles. The Morgan fingerprint density at radius 2 is 2.00 bits per heavy atom. The molecular weight excluding hydrogens is 329 g/mol. The lowest BCUT2D eigenvalue weighted by Crippen LogP contribution is -2.29. The molecular formula is C14H25Cl2N3OS. The third-order valence-electron chi connectivity index (χ3n) is 3.68. The van der Waals surface area contributed by atoms with Crippen LogP contribution in [0.5, 0.6) is 0 Å². The molecule has 1 aliphatic heterocycles. The van der Waals surface area contributed by atoms with E-state index < -0.39 is 0 Å². The minimum atomic E-state index is 0. The van der Waals surface area contributed by atoms with Crippen molar-refractivity contribution in [1.29, 1.82) is 0 Å². The minimum absolute atomic E-state index is 0. The predicted molar refractivity (Wildman–Crippen MR) is 92.8 cm³/mol. The molecule has 2 N–H and O–H groups in total. The summed E-state index contributed by atoms with van der Waals surface area (Å²) >= 11 is 1.67. The van der Waals surface area contributed by atoms with E-state index in [1.54, 1.807) is 11.3 Å². The van der Waals surface area contributed by atoms with Crippen LogP contribution in [0.3, 0.4) is 0 Å². The largest absolute Gasteiger partial charge is 0.351 e. The first-order valence-corrected chi connectivity index (χ1v) is 7.87. The third-order valence-corrected chi connectivity index (χ3v) is 4.76. The molecule has 1 saturated heterocycles. The van der Waals surface area contributed by atoms with Gasteiger partial charge in [0.1, 0.15) is 0 Å². The topological polar surface area (TPSA) is 54.0 Å². The molecule has 1 fully saturated rings. The summed E-state index contributed by atoms with van der Waals surface area (Å²) in [4.78, 5) is 17.4. The first-order valence-electron chi connectivity index (χ1n) is 7.05. The molecule has 0 atom stereocenters. The number of nitrogens with zero attached hydrogens (tertiary/aromatic N) is 1. The smallest absolute Gasteiger partial charge is 0.220 e. The highest BCUT2D eigenvalue weighted by atomic mass is 35.5. The van der Waals surface area contributed by atoms with Crippen molar-refractivity contribution in [3.63, 3.8) is 0 Å². The molecule has 0 bridgehead atoms. The van der Waals surface area contributed by atoms with Crippen LogP contribution in [0.1, 0.15) is 41.3 Å². The average Bonchev–Trinajstić information content (AvgIpc) is 2.73. The number of thiazole rings is 1. The summed E-state index contributed by atoms with van der Waals surface area (Å²) in [5, 5.41) is 7.43. The molecule has 2 heterocycles. The van der Waals surface area contributed by atoms with Crippen molar-refractivity contribution in [2.75, 3.05) is 13.1 Å². The molecule has 0 aromatic carbocycles. The van der Waals surface area contributed by atoms with Gasteiger partial charge < -0.3 is 10.6 Å². The summed E-state index contributed by atoms with van der Waals surface area (Å²) in [6.07, 6.45) is 4.09. The minimum Gasteiger partial charge on any atom is -0.351 e. The number of halogens is 2. The number of rotatable bonds is 5. The average molecular weight is 354 g/mol. The van der Waals surface area contributed by atoms with Crippen molar-refractivity contribution in [3.05, 3.63) is 15.6 Å². The fourth-order valence-corrected chi connectivity index (χ4v) is 3.39. The van der Waals surface area contributed by atoms with E-state index in [-0.39, 0.29) is 30.7 Å². The number of piperidine rings is 1. The second-order valence-corrected chi connectivity index (χ2v) is 6.54.